The predicted octanol–water partition coefficient (Wildman–Crippen LogP) is 3.71. The first-order chi connectivity index (χ1) is 8.90. The highest BCUT2D eigenvalue weighted by Gasteiger charge is 2.23. The average molecular weight is 335 g/mol. The van der Waals surface area contributed by atoms with Crippen molar-refractivity contribution in [2.24, 2.45) is 0 Å². The molecule has 0 atom stereocenters. The Morgan fingerprint density at radius 1 is 1.21 bits per heavy atom. The van der Waals surface area contributed by atoms with Crippen molar-refractivity contribution in [3.05, 3.63) is 50.6 Å². The van der Waals surface area contributed by atoms with Crippen LogP contribution in [0.1, 0.15) is 9.67 Å². The number of halogens is 2. The molecule has 1 heterocycles. The molecule has 0 amide bonds. The first-order valence-corrected chi connectivity index (χ1v) is 8.43. The van der Waals surface area contributed by atoms with E-state index in [0.717, 1.165) is 0 Å². The van der Waals surface area contributed by atoms with Crippen LogP contribution in [0.5, 0.6) is 0 Å². The lowest BCUT2D eigenvalue weighted by Gasteiger charge is -2.05. The molecule has 0 aliphatic heterocycles. The molecule has 2 aromatic rings. The molecule has 7 heteroatoms. The molecule has 0 fully saturated rings. The molecule has 0 radical (unpaired) electrons. The third kappa shape index (κ3) is 3.36. The van der Waals surface area contributed by atoms with E-state index >= 15 is 0 Å². The first kappa shape index (κ1) is 14.5. The summed E-state index contributed by atoms with van der Waals surface area (Å²) in [5, 5.41) is 2.03. The number of thiophene rings is 1. The number of rotatable bonds is 4. The molecule has 0 N–H and O–H groups in total. The largest absolute Gasteiger partial charge is 0.292 e. The van der Waals surface area contributed by atoms with Gasteiger partial charge in [-0.25, -0.2) is 8.42 Å². The number of Topliss-reactive ketones (excluding diaryl/α,β-unsaturated/α-hetero) is 1. The number of hydrogen-bond acceptors (Lipinski definition) is 4. The van der Waals surface area contributed by atoms with Crippen molar-refractivity contribution < 1.29 is 13.2 Å². The number of carbonyl (C=O) groups is 1. The molecule has 0 saturated heterocycles. The highest BCUT2D eigenvalue weighted by atomic mass is 35.5. The van der Waals surface area contributed by atoms with E-state index in [4.69, 9.17) is 23.2 Å². The Bertz CT molecular complexity index is 707. The number of sulfone groups is 1. The van der Waals surface area contributed by atoms with Crippen LogP contribution < -0.4 is 0 Å². The van der Waals surface area contributed by atoms with Crippen LogP contribution >= 0.6 is 34.5 Å². The summed E-state index contributed by atoms with van der Waals surface area (Å²) in [6.07, 6.45) is 0. The van der Waals surface area contributed by atoms with E-state index in [1.54, 1.807) is 17.5 Å². The van der Waals surface area contributed by atoms with Gasteiger partial charge in [0.2, 0.25) is 0 Å². The fourth-order valence-electron chi connectivity index (χ4n) is 1.47. The van der Waals surface area contributed by atoms with Gasteiger partial charge in [-0.3, -0.25) is 4.79 Å². The van der Waals surface area contributed by atoms with E-state index in [9.17, 15) is 13.2 Å². The van der Waals surface area contributed by atoms with Crippen molar-refractivity contribution in [1.82, 2.24) is 0 Å². The van der Waals surface area contributed by atoms with Gasteiger partial charge >= 0.3 is 0 Å². The minimum Gasteiger partial charge on any atom is -0.292 e. The second kappa shape index (κ2) is 5.63. The van der Waals surface area contributed by atoms with Crippen molar-refractivity contribution in [1.29, 1.82) is 0 Å². The molecular formula is C12H8Cl2O3S2. The summed E-state index contributed by atoms with van der Waals surface area (Å²) in [5.41, 5.74) is 0. The number of ketones is 1. The van der Waals surface area contributed by atoms with Gasteiger partial charge < -0.3 is 0 Å². The van der Waals surface area contributed by atoms with E-state index in [2.05, 4.69) is 0 Å². The van der Waals surface area contributed by atoms with Crippen LogP contribution in [0.25, 0.3) is 0 Å². The molecule has 0 spiro atoms. The van der Waals surface area contributed by atoms with Crippen LogP contribution in [0.3, 0.4) is 0 Å². The molecule has 0 aliphatic rings. The van der Waals surface area contributed by atoms with Gasteiger partial charge in [0.25, 0.3) is 0 Å². The molecule has 1 aromatic heterocycles. The van der Waals surface area contributed by atoms with E-state index in [1.165, 1.54) is 29.5 Å². The van der Waals surface area contributed by atoms with E-state index in [0.29, 0.717) is 4.88 Å². The molecule has 3 nitrogen and oxygen atoms in total. The van der Waals surface area contributed by atoms with Gasteiger partial charge in [0.05, 0.1) is 14.8 Å². The Morgan fingerprint density at radius 3 is 2.58 bits per heavy atom. The molecule has 0 aliphatic carbocycles. The molecule has 1 aromatic carbocycles. The van der Waals surface area contributed by atoms with Gasteiger partial charge in [-0.05, 0) is 29.6 Å². The molecular weight excluding hydrogens is 327 g/mol. The maximum atomic E-state index is 12.2. The summed E-state index contributed by atoms with van der Waals surface area (Å²) in [5.74, 6) is -1.07. The highest BCUT2D eigenvalue weighted by Crippen LogP contribution is 2.26. The predicted molar refractivity (Wildman–Crippen MR) is 77.2 cm³/mol. The van der Waals surface area contributed by atoms with Crippen LogP contribution in [0.2, 0.25) is 10.0 Å². The monoisotopic (exact) mass is 334 g/mol. The van der Waals surface area contributed by atoms with Crippen molar-refractivity contribution in [3.63, 3.8) is 0 Å². The van der Waals surface area contributed by atoms with Crippen molar-refractivity contribution >= 4 is 50.2 Å². The lowest BCUT2D eigenvalue weighted by Crippen LogP contribution is -2.16. The molecule has 0 bridgehead atoms. The standard InChI is InChI=1S/C12H8Cl2O3S2/c13-8-3-4-9(14)12(6-8)19(16,17)7-10(15)11-2-1-5-18-11/h1-6H,7H2. The van der Waals surface area contributed by atoms with Gasteiger partial charge in [0.15, 0.2) is 15.6 Å². The molecule has 100 valence electrons. The van der Waals surface area contributed by atoms with E-state index < -0.39 is 21.4 Å². The summed E-state index contributed by atoms with van der Waals surface area (Å²) < 4.78 is 24.3. The number of benzene rings is 1. The zero-order valence-corrected chi connectivity index (χ0v) is 12.6. The van der Waals surface area contributed by atoms with Crippen LogP contribution in [0, 0.1) is 0 Å². The fourth-order valence-corrected chi connectivity index (χ4v) is 4.26. The van der Waals surface area contributed by atoms with E-state index in [-0.39, 0.29) is 14.9 Å². The van der Waals surface area contributed by atoms with Crippen molar-refractivity contribution in [2.45, 2.75) is 4.90 Å². The summed E-state index contributed by atoms with van der Waals surface area (Å²) in [6, 6.07) is 7.41. The topological polar surface area (TPSA) is 51.2 Å². The smallest absolute Gasteiger partial charge is 0.188 e. The Hall–Kier alpha value is -0.880. The highest BCUT2D eigenvalue weighted by molar-refractivity contribution is 7.92. The molecule has 0 unspecified atom stereocenters. The van der Waals surface area contributed by atoms with Crippen LogP contribution in [0.4, 0.5) is 0 Å². The first-order valence-electron chi connectivity index (χ1n) is 5.14. The SMILES string of the molecule is O=C(CS(=O)(=O)c1cc(Cl)ccc1Cl)c1cccs1. The fraction of sp³-hybridized carbons (Fsp3) is 0.0833. The summed E-state index contributed by atoms with van der Waals surface area (Å²) in [7, 11) is -3.80. The van der Waals surface area contributed by atoms with Gasteiger partial charge in [0.1, 0.15) is 5.75 Å². The van der Waals surface area contributed by atoms with Gasteiger partial charge in [-0.15, -0.1) is 11.3 Å². The second-order valence-corrected chi connectivity index (χ2v) is 7.48. The van der Waals surface area contributed by atoms with Crippen LogP contribution in [0.15, 0.2) is 40.6 Å². The van der Waals surface area contributed by atoms with E-state index in [1.807, 2.05) is 0 Å². The number of hydrogen-bond donors (Lipinski definition) is 0. The van der Waals surface area contributed by atoms with Crippen LogP contribution in [-0.4, -0.2) is 20.0 Å². The number of carbonyl (C=O) groups excluding carboxylic acids is 1. The Morgan fingerprint density at radius 2 is 1.95 bits per heavy atom. The lowest BCUT2D eigenvalue weighted by atomic mass is 10.3. The zero-order chi connectivity index (χ0) is 14.0. The third-order valence-corrected chi connectivity index (χ3v) is 5.58. The van der Waals surface area contributed by atoms with Crippen LogP contribution in [-0.2, 0) is 9.84 Å². The summed E-state index contributed by atoms with van der Waals surface area (Å²) in [4.78, 5) is 12.1. The Labute approximate surface area is 124 Å². The summed E-state index contributed by atoms with van der Waals surface area (Å²) >= 11 is 12.8. The van der Waals surface area contributed by atoms with Gasteiger partial charge in [-0.2, -0.15) is 0 Å². The maximum Gasteiger partial charge on any atom is 0.188 e. The van der Waals surface area contributed by atoms with Crippen molar-refractivity contribution in [2.75, 3.05) is 5.75 Å². The minimum absolute atomic E-state index is 0.0587. The van der Waals surface area contributed by atoms with Gasteiger partial charge in [-0.1, -0.05) is 29.3 Å². The average Bonchev–Trinajstić information content (AvgIpc) is 2.85. The molecule has 2 rings (SSSR count). The third-order valence-electron chi connectivity index (χ3n) is 2.35. The van der Waals surface area contributed by atoms with Gasteiger partial charge in [0, 0.05) is 5.02 Å². The maximum absolute atomic E-state index is 12.2. The molecule has 19 heavy (non-hydrogen) atoms. The molecule has 0 saturated carbocycles. The lowest BCUT2D eigenvalue weighted by molar-refractivity contribution is 0.102. The quantitative estimate of drug-likeness (QED) is 0.801. The Balaban J connectivity index is 2.33. The zero-order valence-electron chi connectivity index (χ0n) is 9.47. The van der Waals surface area contributed by atoms with Crippen molar-refractivity contribution in [3.8, 4) is 0 Å². The normalized spacial score (nSPS) is 11.5. The second-order valence-electron chi connectivity index (χ2n) is 3.73. The minimum atomic E-state index is -3.80. The Kier molecular flexibility index (Phi) is 4.30. The summed E-state index contributed by atoms with van der Waals surface area (Å²) in [6.45, 7) is 0.